The van der Waals surface area contributed by atoms with Gasteiger partial charge in [0.15, 0.2) is 6.04 Å². The van der Waals surface area contributed by atoms with E-state index in [1.54, 1.807) is 0 Å². The number of phosphoric ester groups is 1. The molecule has 0 aromatic rings. The minimum absolute atomic E-state index is 0.136. The number of hydrogen-bond donors (Lipinski definition) is 4. The van der Waals surface area contributed by atoms with E-state index in [1.165, 1.54) is 64.2 Å². The standard InChI is InChI=1S/C40H74NO10P/c1-3-5-7-9-11-13-15-17-18-19-20-21-23-25-27-29-31-38(43)41-37(40(45)46)35-51-52(47,48)50-34-36(42)33-49-39(44)32-30-28-26-24-22-16-14-12-10-8-6-4-2/h12,14,18-19,36-37,42H,3-11,13,15-17,20-35H2,1-2H3,(H,41,43)(H,45,46)(H,47,48)/b14-12-,19-18-. The largest absolute Gasteiger partial charge is 0.480 e. The third kappa shape index (κ3) is 35.0. The maximum atomic E-state index is 12.3. The highest BCUT2D eigenvalue weighted by Gasteiger charge is 2.28. The predicted octanol–water partition coefficient (Wildman–Crippen LogP) is 9.89. The second-order valence-corrected chi connectivity index (χ2v) is 15.3. The van der Waals surface area contributed by atoms with Gasteiger partial charge in [-0.3, -0.25) is 18.6 Å². The lowest BCUT2D eigenvalue weighted by atomic mass is 10.1. The van der Waals surface area contributed by atoms with Crippen LogP contribution in [0.1, 0.15) is 181 Å². The minimum atomic E-state index is -4.75. The summed E-state index contributed by atoms with van der Waals surface area (Å²) in [6.45, 7) is 2.54. The second-order valence-electron chi connectivity index (χ2n) is 13.8. The van der Waals surface area contributed by atoms with Crippen molar-refractivity contribution >= 4 is 25.7 Å². The number of amides is 1. The van der Waals surface area contributed by atoms with Gasteiger partial charge in [-0.15, -0.1) is 0 Å². The van der Waals surface area contributed by atoms with E-state index in [9.17, 15) is 34.1 Å². The fourth-order valence-corrected chi connectivity index (χ4v) is 6.25. The first kappa shape index (κ1) is 50.0. The van der Waals surface area contributed by atoms with Crippen LogP contribution in [0.4, 0.5) is 0 Å². The van der Waals surface area contributed by atoms with Gasteiger partial charge in [0.05, 0.1) is 13.2 Å². The average molecular weight is 760 g/mol. The van der Waals surface area contributed by atoms with E-state index in [2.05, 4.69) is 43.5 Å². The van der Waals surface area contributed by atoms with Crippen LogP contribution in [0.3, 0.4) is 0 Å². The van der Waals surface area contributed by atoms with Gasteiger partial charge < -0.3 is 25.2 Å². The number of carboxylic acids is 1. The molecule has 52 heavy (non-hydrogen) atoms. The maximum absolute atomic E-state index is 12.3. The zero-order valence-corrected chi connectivity index (χ0v) is 33.5. The van der Waals surface area contributed by atoms with Crippen LogP contribution in [-0.4, -0.2) is 64.9 Å². The van der Waals surface area contributed by atoms with Crippen molar-refractivity contribution in [2.75, 3.05) is 19.8 Å². The monoisotopic (exact) mass is 760 g/mol. The summed E-state index contributed by atoms with van der Waals surface area (Å²) in [6, 6.07) is -1.55. The highest BCUT2D eigenvalue weighted by atomic mass is 31.2. The van der Waals surface area contributed by atoms with E-state index in [-0.39, 0.29) is 12.8 Å². The minimum Gasteiger partial charge on any atom is -0.480 e. The van der Waals surface area contributed by atoms with E-state index in [0.717, 1.165) is 77.0 Å². The van der Waals surface area contributed by atoms with Crippen LogP contribution in [0.15, 0.2) is 24.3 Å². The van der Waals surface area contributed by atoms with Gasteiger partial charge in [-0.1, -0.05) is 128 Å². The van der Waals surface area contributed by atoms with Crippen LogP contribution >= 0.6 is 7.82 Å². The summed E-state index contributed by atoms with van der Waals surface area (Å²) in [5.41, 5.74) is 0. The van der Waals surface area contributed by atoms with E-state index in [1.807, 2.05) is 0 Å². The summed E-state index contributed by atoms with van der Waals surface area (Å²) in [5, 5.41) is 21.8. The summed E-state index contributed by atoms with van der Waals surface area (Å²) in [5.74, 6) is -2.39. The number of esters is 1. The molecule has 1 amide bonds. The van der Waals surface area contributed by atoms with Crippen molar-refractivity contribution in [1.29, 1.82) is 0 Å². The molecule has 4 N–H and O–H groups in total. The Bertz CT molecular complexity index is 989. The molecule has 0 spiro atoms. The summed E-state index contributed by atoms with van der Waals surface area (Å²) in [4.78, 5) is 45.7. The van der Waals surface area contributed by atoms with Gasteiger partial charge in [-0.05, 0) is 64.2 Å². The Morgan fingerprint density at radius 1 is 0.596 bits per heavy atom. The molecule has 0 saturated heterocycles. The average Bonchev–Trinajstić information content (AvgIpc) is 3.11. The van der Waals surface area contributed by atoms with Crippen LogP contribution in [0.2, 0.25) is 0 Å². The molecule has 304 valence electrons. The van der Waals surface area contributed by atoms with Crippen LogP contribution < -0.4 is 5.32 Å². The Labute approximate surface area is 315 Å². The van der Waals surface area contributed by atoms with Gasteiger partial charge >= 0.3 is 19.8 Å². The molecule has 11 nitrogen and oxygen atoms in total. The normalized spacial score (nSPS) is 14.1. The summed E-state index contributed by atoms with van der Waals surface area (Å²) < 4.78 is 26.7. The molecular weight excluding hydrogens is 685 g/mol. The van der Waals surface area contributed by atoms with Crippen LogP contribution in [0.5, 0.6) is 0 Å². The highest BCUT2D eigenvalue weighted by Crippen LogP contribution is 2.43. The van der Waals surface area contributed by atoms with Gasteiger partial charge in [-0.25, -0.2) is 9.36 Å². The third-order valence-corrected chi connectivity index (χ3v) is 9.66. The lowest BCUT2D eigenvalue weighted by Crippen LogP contribution is -2.43. The molecule has 0 rings (SSSR count). The van der Waals surface area contributed by atoms with Crippen molar-refractivity contribution in [2.24, 2.45) is 0 Å². The molecule has 3 unspecified atom stereocenters. The molecule has 0 aliphatic heterocycles. The van der Waals surface area contributed by atoms with Crippen LogP contribution in [-0.2, 0) is 32.7 Å². The number of carbonyl (C=O) groups excluding carboxylic acids is 2. The lowest BCUT2D eigenvalue weighted by Gasteiger charge is -2.18. The smallest absolute Gasteiger partial charge is 0.472 e. The number of carboxylic acid groups (broad SMARTS) is 1. The van der Waals surface area contributed by atoms with Gasteiger partial charge in [-0.2, -0.15) is 0 Å². The fraction of sp³-hybridized carbons (Fsp3) is 0.825. The maximum Gasteiger partial charge on any atom is 0.472 e. The van der Waals surface area contributed by atoms with Gasteiger partial charge in [0.25, 0.3) is 0 Å². The van der Waals surface area contributed by atoms with Crippen LogP contribution in [0.25, 0.3) is 0 Å². The Morgan fingerprint density at radius 2 is 1.00 bits per heavy atom. The number of allylic oxidation sites excluding steroid dienone is 4. The molecule has 0 aromatic carbocycles. The number of ether oxygens (including phenoxy) is 1. The molecule has 0 aromatic heterocycles. The fourth-order valence-electron chi connectivity index (χ4n) is 5.48. The van der Waals surface area contributed by atoms with Crippen LogP contribution in [0, 0.1) is 0 Å². The Morgan fingerprint density at radius 3 is 1.50 bits per heavy atom. The number of nitrogens with one attached hydrogen (secondary N) is 1. The SMILES string of the molecule is CCCCC/C=C\CCCCCCCC(=O)OCC(O)COP(=O)(O)OCC(NC(=O)CCCCCCC/C=C\CCCCCCCCC)C(=O)O. The summed E-state index contributed by atoms with van der Waals surface area (Å²) in [7, 11) is -4.75. The predicted molar refractivity (Wildman–Crippen MR) is 208 cm³/mol. The first-order chi connectivity index (χ1) is 25.1. The molecule has 0 saturated carbocycles. The van der Waals surface area contributed by atoms with E-state index >= 15 is 0 Å². The Kier molecular flexibility index (Phi) is 34.6. The number of aliphatic hydroxyl groups excluding tert-OH is 1. The molecule has 0 radical (unpaired) electrons. The topological polar surface area (TPSA) is 169 Å². The quantitative estimate of drug-likeness (QED) is 0.0206. The zero-order valence-electron chi connectivity index (χ0n) is 32.6. The Hall–Kier alpha value is -2.04. The molecule has 0 fully saturated rings. The number of hydrogen-bond acceptors (Lipinski definition) is 8. The first-order valence-electron chi connectivity index (χ1n) is 20.4. The van der Waals surface area contributed by atoms with Gasteiger partial charge in [0, 0.05) is 12.8 Å². The van der Waals surface area contributed by atoms with E-state index < -0.39 is 57.6 Å². The molecular formula is C40H74NO10P. The van der Waals surface area contributed by atoms with Gasteiger partial charge in [0.1, 0.15) is 12.7 Å². The van der Waals surface area contributed by atoms with Crippen molar-refractivity contribution in [3.05, 3.63) is 24.3 Å². The number of rotatable bonds is 38. The van der Waals surface area contributed by atoms with Crippen molar-refractivity contribution < 1.29 is 47.8 Å². The number of unbranched alkanes of at least 4 members (excludes halogenated alkanes) is 20. The molecule has 0 aliphatic carbocycles. The zero-order chi connectivity index (χ0) is 38.5. The Balaban J connectivity index is 3.96. The van der Waals surface area contributed by atoms with E-state index in [4.69, 9.17) is 13.8 Å². The van der Waals surface area contributed by atoms with Crippen molar-refractivity contribution in [3.8, 4) is 0 Å². The molecule has 0 aliphatic rings. The van der Waals surface area contributed by atoms with Gasteiger partial charge in [0.2, 0.25) is 5.91 Å². The highest BCUT2D eigenvalue weighted by molar-refractivity contribution is 7.47. The van der Waals surface area contributed by atoms with Crippen molar-refractivity contribution in [1.82, 2.24) is 5.32 Å². The number of aliphatic carboxylic acids is 1. The third-order valence-electron chi connectivity index (χ3n) is 8.71. The summed E-state index contributed by atoms with van der Waals surface area (Å²) in [6.07, 6.45) is 34.9. The van der Waals surface area contributed by atoms with Crippen molar-refractivity contribution in [3.63, 3.8) is 0 Å². The summed E-state index contributed by atoms with van der Waals surface area (Å²) >= 11 is 0. The number of carbonyl (C=O) groups is 3. The van der Waals surface area contributed by atoms with Crippen molar-refractivity contribution in [2.45, 2.75) is 193 Å². The molecule has 0 bridgehead atoms. The lowest BCUT2D eigenvalue weighted by molar-refractivity contribution is -0.147. The number of phosphoric acid groups is 1. The first-order valence-corrected chi connectivity index (χ1v) is 21.9. The molecule has 12 heteroatoms. The number of aliphatic hydroxyl groups is 1. The molecule has 3 atom stereocenters. The van der Waals surface area contributed by atoms with E-state index in [0.29, 0.717) is 12.8 Å². The second kappa shape index (κ2) is 36.0. The molecule has 0 heterocycles.